The highest BCUT2D eigenvalue weighted by Crippen LogP contribution is 2.37. The largest absolute Gasteiger partial charge is 0.408 e. The van der Waals surface area contributed by atoms with Crippen LogP contribution in [0.2, 0.25) is 0 Å². The van der Waals surface area contributed by atoms with Crippen LogP contribution in [0.3, 0.4) is 0 Å². The number of hydrogen-bond acceptors (Lipinski definition) is 4. The summed E-state index contributed by atoms with van der Waals surface area (Å²) in [4.78, 5) is 0. The third-order valence-electron chi connectivity index (χ3n) is 2.50. The Morgan fingerprint density at radius 2 is 2.25 bits per heavy atom. The molecule has 0 aromatic carbocycles. The molecule has 2 N–H and O–H groups in total. The van der Waals surface area contributed by atoms with Crippen molar-refractivity contribution in [2.24, 2.45) is 5.92 Å². The molecule has 2 atom stereocenters. The number of rotatable bonds is 1. The van der Waals surface area contributed by atoms with Crippen LogP contribution in [-0.4, -0.2) is 10.2 Å². The zero-order chi connectivity index (χ0) is 8.55. The van der Waals surface area contributed by atoms with Crippen LogP contribution >= 0.6 is 0 Å². The van der Waals surface area contributed by atoms with Crippen LogP contribution in [0.1, 0.15) is 38.0 Å². The van der Waals surface area contributed by atoms with Gasteiger partial charge in [-0.05, 0) is 25.2 Å². The normalized spacial score (nSPS) is 29.4. The fraction of sp³-hybridized carbons (Fsp3) is 0.750. The molecule has 1 aliphatic carbocycles. The quantitative estimate of drug-likeness (QED) is 0.689. The maximum atomic E-state index is 5.34. The summed E-state index contributed by atoms with van der Waals surface area (Å²) in [5, 5.41) is 7.54. The molecule has 2 rings (SSSR count). The summed E-state index contributed by atoms with van der Waals surface area (Å²) < 4.78 is 5.17. The van der Waals surface area contributed by atoms with Gasteiger partial charge in [-0.2, -0.15) is 0 Å². The number of aromatic nitrogens is 2. The van der Waals surface area contributed by atoms with Crippen molar-refractivity contribution in [2.75, 3.05) is 5.73 Å². The summed E-state index contributed by atoms with van der Waals surface area (Å²) >= 11 is 0. The van der Waals surface area contributed by atoms with Crippen molar-refractivity contribution in [3.63, 3.8) is 0 Å². The van der Waals surface area contributed by atoms with Crippen LogP contribution in [0.4, 0.5) is 6.01 Å². The number of anilines is 1. The minimum Gasteiger partial charge on any atom is -0.408 e. The van der Waals surface area contributed by atoms with Crippen molar-refractivity contribution in [1.29, 1.82) is 0 Å². The molecule has 0 radical (unpaired) electrons. The van der Waals surface area contributed by atoms with E-state index in [4.69, 9.17) is 10.2 Å². The third-order valence-corrected chi connectivity index (χ3v) is 2.50. The summed E-state index contributed by atoms with van der Waals surface area (Å²) in [7, 11) is 0. The van der Waals surface area contributed by atoms with Gasteiger partial charge in [-0.15, -0.1) is 5.10 Å². The Bertz CT molecular complexity index is 271. The Hall–Kier alpha value is -1.06. The number of nitrogens with two attached hydrogens (primary N) is 1. The summed E-state index contributed by atoms with van der Waals surface area (Å²) in [6, 6.07) is 0.185. The minimum absolute atomic E-state index is 0.185. The molecule has 0 spiro atoms. The predicted octanol–water partition coefficient (Wildman–Crippen LogP) is 1.56. The molecule has 0 aliphatic heterocycles. The Labute approximate surface area is 71.2 Å². The summed E-state index contributed by atoms with van der Waals surface area (Å²) in [6.45, 7) is 2.25. The topological polar surface area (TPSA) is 64.9 Å². The van der Waals surface area contributed by atoms with Crippen molar-refractivity contribution in [2.45, 2.75) is 32.1 Å². The Kier molecular flexibility index (Phi) is 1.75. The summed E-state index contributed by atoms with van der Waals surface area (Å²) in [5.74, 6) is 1.95. The van der Waals surface area contributed by atoms with E-state index in [9.17, 15) is 0 Å². The van der Waals surface area contributed by atoms with Gasteiger partial charge in [0.15, 0.2) is 0 Å². The molecule has 0 unspecified atom stereocenters. The smallest absolute Gasteiger partial charge is 0.312 e. The van der Waals surface area contributed by atoms with Crippen molar-refractivity contribution >= 4 is 6.01 Å². The lowest BCUT2D eigenvalue weighted by molar-refractivity contribution is 0.452. The molecule has 1 saturated carbocycles. The predicted molar refractivity (Wildman–Crippen MR) is 44.5 cm³/mol. The first-order valence-electron chi connectivity index (χ1n) is 4.34. The second-order valence-corrected chi connectivity index (χ2v) is 3.59. The van der Waals surface area contributed by atoms with Crippen molar-refractivity contribution in [1.82, 2.24) is 10.2 Å². The molecule has 0 amide bonds. The molecule has 12 heavy (non-hydrogen) atoms. The Morgan fingerprint density at radius 3 is 2.75 bits per heavy atom. The van der Waals surface area contributed by atoms with Crippen molar-refractivity contribution < 1.29 is 4.42 Å². The minimum atomic E-state index is 0.185. The second kappa shape index (κ2) is 2.77. The molecular formula is C8H13N3O. The molecule has 1 aliphatic rings. The van der Waals surface area contributed by atoms with Gasteiger partial charge in [0.05, 0.1) is 0 Å². The van der Waals surface area contributed by atoms with E-state index in [0.717, 1.165) is 24.7 Å². The molecule has 1 fully saturated rings. The molecule has 1 aromatic rings. The van der Waals surface area contributed by atoms with Gasteiger partial charge >= 0.3 is 6.01 Å². The SMILES string of the molecule is C[C@@H]1CC[C@@H](c2nnc(N)o2)C1. The van der Waals surface area contributed by atoms with Crippen LogP contribution in [0, 0.1) is 5.92 Å². The highest BCUT2D eigenvalue weighted by atomic mass is 16.4. The maximum absolute atomic E-state index is 5.34. The molecule has 1 heterocycles. The zero-order valence-electron chi connectivity index (χ0n) is 7.16. The van der Waals surface area contributed by atoms with Crippen LogP contribution in [0.25, 0.3) is 0 Å². The highest BCUT2D eigenvalue weighted by Gasteiger charge is 2.26. The third kappa shape index (κ3) is 1.29. The van der Waals surface area contributed by atoms with Crippen molar-refractivity contribution in [3.05, 3.63) is 5.89 Å². The van der Waals surface area contributed by atoms with Crippen LogP contribution in [0.5, 0.6) is 0 Å². The lowest BCUT2D eigenvalue weighted by Gasteiger charge is -2.01. The fourth-order valence-electron chi connectivity index (χ4n) is 1.84. The van der Waals surface area contributed by atoms with Crippen molar-refractivity contribution in [3.8, 4) is 0 Å². The molecule has 0 saturated heterocycles. The molecule has 1 aromatic heterocycles. The van der Waals surface area contributed by atoms with Crippen LogP contribution < -0.4 is 5.73 Å². The van der Waals surface area contributed by atoms with Gasteiger partial charge in [-0.1, -0.05) is 12.0 Å². The highest BCUT2D eigenvalue weighted by molar-refractivity contribution is 5.07. The first kappa shape index (κ1) is 7.58. The second-order valence-electron chi connectivity index (χ2n) is 3.59. The van der Waals surface area contributed by atoms with Gasteiger partial charge < -0.3 is 10.2 Å². The van der Waals surface area contributed by atoms with E-state index in [1.54, 1.807) is 0 Å². The van der Waals surface area contributed by atoms with E-state index in [2.05, 4.69) is 17.1 Å². The monoisotopic (exact) mass is 167 g/mol. The van der Waals surface area contributed by atoms with E-state index in [0.29, 0.717) is 5.92 Å². The fourth-order valence-corrected chi connectivity index (χ4v) is 1.84. The lowest BCUT2D eigenvalue weighted by atomic mass is 10.1. The zero-order valence-corrected chi connectivity index (χ0v) is 7.16. The molecular weight excluding hydrogens is 154 g/mol. The standard InChI is InChI=1S/C8H13N3O/c1-5-2-3-6(4-5)7-10-11-8(9)12-7/h5-6H,2-4H2,1H3,(H2,9,11)/t5-,6-/m1/s1. The maximum Gasteiger partial charge on any atom is 0.312 e. The molecule has 4 heteroatoms. The average Bonchev–Trinajstić information content (AvgIpc) is 2.58. The van der Waals surface area contributed by atoms with Gasteiger partial charge in [0.25, 0.3) is 0 Å². The molecule has 4 nitrogen and oxygen atoms in total. The van der Waals surface area contributed by atoms with Gasteiger partial charge in [0.2, 0.25) is 5.89 Å². The molecule has 66 valence electrons. The Balaban J connectivity index is 2.11. The van der Waals surface area contributed by atoms with Gasteiger partial charge in [-0.25, -0.2) is 0 Å². The van der Waals surface area contributed by atoms with Gasteiger partial charge in [-0.3, -0.25) is 0 Å². The summed E-state index contributed by atoms with van der Waals surface area (Å²) in [6.07, 6.45) is 3.57. The number of nitrogen functional groups attached to an aromatic ring is 1. The average molecular weight is 167 g/mol. The van der Waals surface area contributed by atoms with Crippen LogP contribution in [-0.2, 0) is 0 Å². The van der Waals surface area contributed by atoms with E-state index in [1.807, 2.05) is 0 Å². The number of hydrogen-bond donors (Lipinski definition) is 1. The Morgan fingerprint density at radius 1 is 1.42 bits per heavy atom. The molecule has 0 bridgehead atoms. The van der Waals surface area contributed by atoms with Gasteiger partial charge in [0, 0.05) is 5.92 Å². The van der Waals surface area contributed by atoms with E-state index >= 15 is 0 Å². The van der Waals surface area contributed by atoms with Crippen LogP contribution in [0.15, 0.2) is 4.42 Å². The van der Waals surface area contributed by atoms with E-state index in [-0.39, 0.29) is 6.01 Å². The first-order chi connectivity index (χ1) is 5.75. The number of nitrogens with zero attached hydrogens (tertiary/aromatic N) is 2. The van der Waals surface area contributed by atoms with E-state index < -0.39 is 0 Å². The van der Waals surface area contributed by atoms with E-state index in [1.165, 1.54) is 6.42 Å². The lowest BCUT2D eigenvalue weighted by Crippen LogP contribution is -1.93. The van der Waals surface area contributed by atoms with Gasteiger partial charge in [0.1, 0.15) is 0 Å². The first-order valence-corrected chi connectivity index (χ1v) is 4.34. The summed E-state index contributed by atoms with van der Waals surface area (Å²) in [5.41, 5.74) is 5.34.